The number of para-hydroxylation sites is 1. The second-order valence-corrected chi connectivity index (χ2v) is 6.11. The van der Waals surface area contributed by atoms with Gasteiger partial charge in [0.1, 0.15) is 12.4 Å². The molecule has 6 nitrogen and oxygen atoms in total. The second kappa shape index (κ2) is 8.42. The van der Waals surface area contributed by atoms with Gasteiger partial charge in [-0.1, -0.05) is 42.5 Å². The van der Waals surface area contributed by atoms with Gasteiger partial charge in [-0.3, -0.25) is 4.79 Å². The molecule has 3 rings (SSSR count). The van der Waals surface area contributed by atoms with Crippen LogP contribution in [0.2, 0.25) is 0 Å². The van der Waals surface area contributed by atoms with Crippen molar-refractivity contribution >= 4 is 5.97 Å². The standard InChI is InChI=1S/C21H20N2O4/c1-14(21(25)26)18-4-2-3-5-19(18)27-13-17-10-11-22-20(23-17)16-8-6-15(12-24)7-9-16/h2-11,14,24H,12-13H2,1H3,(H,25,26). The van der Waals surface area contributed by atoms with Gasteiger partial charge in [0.15, 0.2) is 5.82 Å². The molecule has 0 spiro atoms. The van der Waals surface area contributed by atoms with Crippen LogP contribution in [0.15, 0.2) is 60.8 Å². The number of benzene rings is 2. The predicted molar refractivity (Wildman–Crippen MR) is 100 cm³/mol. The average molecular weight is 364 g/mol. The molecule has 0 radical (unpaired) electrons. The number of hydrogen-bond acceptors (Lipinski definition) is 5. The molecule has 0 aliphatic heterocycles. The fourth-order valence-electron chi connectivity index (χ4n) is 2.63. The Hall–Kier alpha value is -3.25. The van der Waals surface area contributed by atoms with Crippen LogP contribution in [-0.4, -0.2) is 26.2 Å². The summed E-state index contributed by atoms with van der Waals surface area (Å²) in [5.41, 5.74) is 2.97. The third-order valence-corrected chi connectivity index (χ3v) is 4.24. The van der Waals surface area contributed by atoms with Crippen molar-refractivity contribution in [3.05, 3.63) is 77.6 Å². The number of rotatable bonds is 7. The topological polar surface area (TPSA) is 92.5 Å². The molecule has 3 aromatic rings. The second-order valence-electron chi connectivity index (χ2n) is 6.11. The molecule has 1 aromatic heterocycles. The van der Waals surface area contributed by atoms with Crippen LogP contribution in [0.4, 0.5) is 0 Å². The summed E-state index contributed by atoms with van der Waals surface area (Å²) in [7, 11) is 0. The Labute approximate surface area is 157 Å². The molecule has 1 heterocycles. The number of nitrogens with zero attached hydrogens (tertiary/aromatic N) is 2. The van der Waals surface area contributed by atoms with Crippen LogP contribution in [-0.2, 0) is 18.0 Å². The zero-order valence-corrected chi connectivity index (χ0v) is 14.9. The zero-order valence-electron chi connectivity index (χ0n) is 14.9. The number of carbonyl (C=O) groups is 1. The number of hydrogen-bond donors (Lipinski definition) is 2. The summed E-state index contributed by atoms with van der Waals surface area (Å²) in [4.78, 5) is 20.1. The third kappa shape index (κ3) is 4.48. The quantitative estimate of drug-likeness (QED) is 0.667. The molecule has 0 fully saturated rings. The average Bonchev–Trinajstić information content (AvgIpc) is 2.72. The van der Waals surface area contributed by atoms with Gasteiger partial charge >= 0.3 is 5.97 Å². The highest BCUT2D eigenvalue weighted by Gasteiger charge is 2.18. The maximum absolute atomic E-state index is 11.3. The highest BCUT2D eigenvalue weighted by molar-refractivity contribution is 5.76. The van der Waals surface area contributed by atoms with Gasteiger partial charge in [0.05, 0.1) is 18.2 Å². The van der Waals surface area contributed by atoms with Gasteiger partial charge in [-0.05, 0) is 24.6 Å². The molecule has 138 valence electrons. The van der Waals surface area contributed by atoms with E-state index in [-0.39, 0.29) is 13.2 Å². The van der Waals surface area contributed by atoms with Gasteiger partial charge < -0.3 is 14.9 Å². The fourth-order valence-corrected chi connectivity index (χ4v) is 2.63. The van der Waals surface area contributed by atoms with E-state index in [9.17, 15) is 9.90 Å². The molecule has 0 aliphatic rings. The lowest BCUT2D eigenvalue weighted by Crippen LogP contribution is -2.10. The van der Waals surface area contributed by atoms with Crippen LogP contribution in [0.1, 0.15) is 29.7 Å². The summed E-state index contributed by atoms with van der Waals surface area (Å²) >= 11 is 0. The molecular formula is C21H20N2O4. The maximum atomic E-state index is 11.3. The monoisotopic (exact) mass is 364 g/mol. The minimum Gasteiger partial charge on any atom is -0.487 e. The Morgan fingerprint density at radius 1 is 1.11 bits per heavy atom. The Morgan fingerprint density at radius 3 is 2.56 bits per heavy atom. The van der Waals surface area contributed by atoms with Crippen molar-refractivity contribution in [3.63, 3.8) is 0 Å². The number of aliphatic hydroxyl groups is 1. The first-order chi connectivity index (χ1) is 13.1. The zero-order chi connectivity index (χ0) is 19.2. The van der Waals surface area contributed by atoms with Gasteiger partial charge in [-0.2, -0.15) is 0 Å². The number of aliphatic hydroxyl groups excluding tert-OH is 1. The lowest BCUT2D eigenvalue weighted by atomic mass is 10.0. The molecule has 0 bridgehead atoms. The Morgan fingerprint density at radius 2 is 1.85 bits per heavy atom. The van der Waals surface area contributed by atoms with E-state index in [0.717, 1.165) is 11.1 Å². The van der Waals surface area contributed by atoms with E-state index < -0.39 is 11.9 Å². The number of carboxylic acid groups (broad SMARTS) is 1. The van der Waals surface area contributed by atoms with Gasteiger partial charge in [-0.15, -0.1) is 0 Å². The highest BCUT2D eigenvalue weighted by atomic mass is 16.5. The smallest absolute Gasteiger partial charge is 0.310 e. The summed E-state index contributed by atoms with van der Waals surface area (Å²) in [6.45, 7) is 1.82. The highest BCUT2D eigenvalue weighted by Crippen LogP contribution is 2.27. The Balaban J connectivity index is 1.77. The lowest BCUT2D eigenvalue weighted by molar-refractivity contribution is -0.138. The molecule has 0 amide bonds. The van der Waals surface area contributed by atoms with Crippen molar-refractivity contribution in [1.29, 1.82) is 0 Å². The van der Waals surface area contributed by atoms with Crippen LogP contribution in [0.3, 0.4) is 0 Å². The molecule has 1 unspecified atom stereocenters. The molecule has 0 saturated heterocycles. The summed E-state index contributed by atoms with van der Waals surface area (Å²) in [5, 5.41) is 18.4. The van der Waals surface area contributed by atoms with E-state index in [1.807, 2.05) is 30.3 Å². The first-order valence-corrected chi connectivity index (χ1v) is 8.55. The summed E-state index contributed by atoms with van der Waals surface area (Å²) < 4.78 is 5.84. The van der Waals surface area contributed by atoms with E-state index in [4.69, 9.17) is 9.84 Å². The van der Waals surface area contributed by atoms with Crippen molar-refractivity contribution in [2.75, 3.05) is 0 Å². The van der Waals surface area contributed by atoms with E-state index >= 15 is 0 Å². The summed E-state index contributed by atoms with van der Waals surface area (Å²) in [6.07, 6.45) is 1.66. The van der Waals surface area contributed by atoms with E-state index in [1.165, 1.54) is 0 Å². The Kier molecular flexibility index (Phi) is 5.78. The predicted octanol–water partition coefficient (Wildman–Crippen LogP) is 3.40. The molecule has 27 heavy (non-hydrogen) atoms. The first-order valence-electron chi connectivity index (χ1n) is 8.55. The summed E-state index contributed by atoms with van der Waals surface area (Å²) in [6, 6.07) is 16.2. The van der Waals surface area contributed by atoms with Crippen molar-refractivity contribution in [1.82, 2.24) is 9.97 Å². The minimum atomic E-state index is -0.901. The number of ether oxygens (including phenoxy) is 1. The van der Waals surface area contributed by atoms with Crippen LogP contribution in [0, 0.1) is 0 Å². The normalized spacial score (nSPS) is 11.8. The van der Waals surface area contributed by atoms with Gasteiger partial charge in [0.25, 0.3) is 0 Å². The molecule has 1 atom stereocenters. The van der Waals surface area contributed by atoms with Gasteiger partial charge in [0.2, 0.25) is 0 Å². The molecule has 2 aromatic carbocycles. The third-order valence-electron chi connectivity index (χ3n) is 4.24. The SMILES string of the molecule is CC(C(=O)O)c1ccccc1OCc1ccnc(-c2ccc(CO)cc2)n1. The molecule has 0 aliphatic carbocycles. The summed E-state index contributed by atoms with van der Waals surface area (Å²) in [5.74, 6) is -0.471. The molecular weight excluding hydrogens is 344 g/mol. The van der Waals surface area contributed by atoms with Gasteiger partial charge in [-0.25, -0.2) is 9.97 Å². The largest absolute Gasteiger partial charge is 0.487 e. The molecule has 0 saturated carbocycles. The van der Waals surface area contributed by atoms with Crippen molar-refractivity contribution in [2.45, 2.75) is 26.1 Å². The number of aliphatic carboxylic acids is 1. The first kappa shape index (κ1) is 18.5. The van der Waals surface area contributed by atoms with Crippen LogP contribution < -0.4 is 4.74 Å². The number of aromatic nitrogens is 2. The molecule has 6 heteroatoms. The van der Waals surface area contributed by atoms with Crippen LogP contribution in [0.25, 0.3) is 11.4 Å². The number of carboxylic acids is 1. The van der Waals surface area contributed by atoms with Gasteiger partial charge in [0, 0.05) is 17.3 Å². The van der Waals surface area contributed by atoms with Crippen LogP contribution >= 0.6 is 0 Å². The maximum Gasteiger partial charge on any atom is 0.310 e. The minimum absolute atomic E-state index is 0.0107. The van der Waals surface area contributed by atoms with E-state index in [1.54, 1.807) is 37.4 Å². The van der Waals surface area contributed by atoms with E-state index in [0.29, 0.717) is 22.8 Å². The van der Waals surface area contributed by atoms with Crippen molar-refractivity contribution in [3.8, 4) is 17.1 Å². The Bertz CT molecular complexity index is 925. The fraction of sp³-hybridized carbons (Fsp3) is 0.190. The van der Waals surface area contributed by atoms with Crippen LogP contribution in [0.5, 0.6) is 5.75 Å². The molecule has 2 N–H and O–H groups in total. The van der Waals surface area contributed by atoms with Crippen molar-refractivity contribution < 1.29 is 19.7 Å². The van der Waals surface area contributed by atoms with Crippen molar-refractivity contribution in [2.24, 2.45) is 0 Å². The lowest BCUT2D eigenvalue weighted by Gasteiger charge is -2.14. The van der Waals surface area contributed by atoms with E-state index in [2.05, 4.69) is 9.97 Å².